The second kappa shape index (κ2) is 2.99. The van der Waals surface area contributed by atoms with Crippen molar-refractivity contribution in [1.82, 2.24) is 4.98 Å². The van der Waals surface area contributed by atoms with Crippen molar-refractivity contribution in [3.05, 3.63) is 33.3 Å². The number of nitrogens with one attached hydrogen (secondary N) is 1. The number of aromatic nitrogens is 1. The van der Waals surface area contributed by atoms with Crippen molar-refractivity contribution in [2.24, 2.45) is 0 Å². The van der Waals surface area contributed by atoms with E-state index in [0.29, 0.717) is 21.7 Å². The van der Waals surface area contributed by atoms with E-state index in [4.69, 9.17) is 16.0 Å². The SMILES string of the molecule is CC(=O)c1cc(Cl)c2[nH]c(=O)oc2c1. The van der Waals surface area contributed by atoms with E-state index in [1.54, 1.807) is 0 Å². The minimum absolute atomic E-state index is 0.127. The predicted molar refractivity (Wildman–Crippen MR) is 51.8 cm³/mol. The molecule has 0 fully saturated rings. The highest BCUT2D eigenvalue weighted by Crippen LogP contribution is 2.22. The number of carbonyl (C=O) groups excluding carboxylic acids is 1. The minimum Gasteiger partial charge on any atom is -0.408 e. The molecule has 0 atom stereocenters. The molecule has 0 amide bonds. The summed E-state index contributed by atoms with van der Waals surface area (Å²) in [4.78, 5) is 24.3. The number of fused-ring (bicyclic) bond motifs is 1. The zero-order valence-corrected chi connectivity index (χ0v) is 8.01. The van der Waals surface area contributed by atoms with Crippen molar-refractivity contribution in [3.63, 3.8) is 0 Å². The molecule has 0 aliphatic heterocycles. The van der Waals surface area contributed by atoms with Crippen LogP contribution in [0.3, 0.4) is 0 Å². The van der Waals surface area contributed by atoms with Gasteiger partial charge in [-0.05, 0) is 19.1 Å². The number of hydrogen-bond acceptors (Lipinski definition) is 3. The van der Waals surface area contributed by atoms with Crippen LogP contribution in [0.5, 0.6) is 0 Å². The van der Waals surface area contributed by atoms with E-state index >= 15 is 0 Å². The van der Waals surface area contributed by atoms with Gasteiger partial charge in [-0.25, -0.2) is 4.79 Å². The highest BCUT2D eigenvalue weighted by molar-refractivity contribution is 6.35. The van der Waals surface area contributed by atoms with Gasteiger partial charge in [0, 0.05) is 5.56 Å². The van der Waals surface area contributed by atoms with Crippen molar-refractivity contribution in [2.75, 3.05) is 0 Å². The molecule has 1 aromatic heterocycles. The molecule has 0 radical (unpaired) electrons. The zero-order valence-electron chi connectivity index (χ0n) is 7.26. The monoisotopic (exact) mass is 211 g/mol. The Morgan fingerprint density at radius 1 is 1.50 bits per heavy atom. The lowest BCUT2D eigenvalue weighted by Crippen LogP contribution is -1.93. The molecule has 0 bridgehead atoms. The summed E-state index contributed by atoms with van der Waals surface area (Å²) >= 11 is 5.84. The van der Waals surface area contributed by atoms with Crippen molar-refractivity contribution in [1.29, 1.82) is 0 Å². The molecule has 72 valence electrons. The number of oxazole rings is 1. The van der Waals surface area contributed by atoms with Crippen LogP contribution in [0.1, 0.15) is 17.3 Å². The van der Waals surface area contributed by atoms with Gasteiger partial charge in [0.05, 0.1) is 5.02 Å². The van der Waals surface area contributed by atoms with Crippen LogP contribution >= 0.6 is 11.6 Å². The van der Waals surface area contributed by atoms with Gasteiger partial charge in [0.15, 0.2) is 11.4 Å². The standard InChI is InChI=1S/C9H6ClNO3/c1-4(12)5-2-6(10)8-7(3-5)14-9(13)11-8/h2-3H,1H3,(H,11,13). The fourth-order valence-electron chi connectivity index (χ4n) is 1.21. The first-order valence-electron chi connectivity index (χ1n) is 3.91. The number of H-pyrrole nitrogens is 1. The Bertz CT molecular complexity index is 567. The van der Waals surface area contributed by atoms with Gasteiger partial charge in [0.25, 0.3) is 0 Å². The van der Waals surface area contributed by atoms with Crippen LogP contribution in [0.2, 0.25) is 5.02 Å². The number of Topliss-reactive ketones (excluding diaryl/α,β-unsaturated/α-hetero) is 1. The lowest BCUT2D eigenvalue weighted by molar-refractivity contribution is 0.101. The number of carbonyl (C=O) groups is 1. The average molecular weight is 212 g/mol. The third-order valence-electron chi connectivity index (χ3n) is 1.89. The first kappa shape index (κ1) is 9.02. The van der Waals surface area contributed by atoms with Crippen molar-refractivity contribution in [2.45, 2.75) is 6.92 Å². The topological polar surface area (TPSA) is 63.1 Å². The van der Waals surface area contributed by atoms with E-state index in [1.807, 2.05) is 0 Å². The van der Waals surface area contributed by atoms with Crippen LogP contribution in [0.25, 0.3) is 11.1 Å². The van der Waals surface area contributed by atoms with Gasteiger partial charge >= 0.3 is 5.76 Å². The maximum atomic E-state index is 11.1. The molecule has 1 heterocycles. The van der Waals surface area contributed by atoms with E-state index in [9.17, 15) is 9.59 Å². The second-order valence-electron chi connectivity index (χ2n) is 2.90. The molecule has 1 N–H and O–H groups in total. The van der Waals surface area contributed by atoms with Crippen LogP contribution in [0.15, 0.2) is 21.3 Å². The average Bonchev–Trinajstić information content (AvgIpc) is 2.45. The highest BCUT2D eigenvalue weighted by atomic mass is 35.5. The molecule has 14 heavy (non-hydrogen) atoms. The maximum Gasteiger partial charge on any atom is 0.417 e. The molecule has 0 spiro atoms. The second-order valence-corrected chi connectivity index (χ2v) is 3.31. The summed E-state index contributed by atoms with van der Waals surface area (Å²) in [6.45, 7) is 1.42. The Labute approximate surface area is 83.5 Å². The Hall–Kier alpha value is -1.55. The molecule has 0 aliphatic rings. The summed E-state index contributed by atoms with van der Waals surface area (Å²) < 4.78 is 4.79. The first-order chi connectivity index (χ1) is 6.58. The molecule has 1 aromatic carbocycles. The van der Waals surface area contributed by atoms with Gasteiger partial charge in [-0.2, -0.15) is 0 Å². The molecular formula is C9H6ClNO3. The van der Waals surface area contributed by atoms with E-state index in [1.165, 1.54) is 19.1 Å². The fraction of sp³-hybridized carbons (Fsp3) is 0.111. The molecule has 0 unspecified atom stereocenters. The van der Waals surface area contributed by atoms with Crippen molar-refractivity contribution >= 4 is 28.5 Å². The molecule has 0 aliphatic carbocycles. The molecule has 2 aromatic rings. The third kappa shape index (κ3) is 1.33. The summed E-state index contributed by atoms with van der Waals surface area (Å²) in [6.07, 6.45) is 0. The van der Waals surface area contributed by atoms with Crippen molar-refractivity contribution < 1.29 is 9.21 Å². The summed E-state index contributed by atoms with van der Waals surface area (Å²) in [5.41, 5.74) is 1.14. The van der Waals surface area contributed by atoms with Gasteiger partial charge in [0.1, 0.15) is 5.52 Å². The van der Waals surface area contributed by atoms with Gasteiger partial charge in [-0.1, -0.05) is 11.6 Å². The molecule has 0 saturated heterocycles. The summed E-state index contributed by atoms with van der Waals surface area (Å²) in [5.74, 6) is -0.708. The predicted octanol–water partition coefficient (Wildman–Crippen LogP) is 1.98. The van der Waals surface area contributed by atoms with E-state index < -0.39 is 5.76 Å². The van der Waals surface area contributed by atoms with Crippen LogP contribution in [0.4, 0.5) is 0 Å². The number of benzene rings is 1. The van der Waals surface area contributed by atoms with Gasteiger partial charge in [-0.15, -0.1) is 0 Å². The van der Waals surface area contributed by atoms with Crippen molar-refractivity contribution in [3.8, 4) is 0 Å². The molecule has 2 rings (SSSR count). The van der Waals surface area contributed by atoms with Gasteiger partial charge < -0.3 is 4.42 Å². The van der Waals surface area contributed by atoms with E-state index in [2.05, 4.69) is 4.98 Å². The number of aromatic amines is 1. The lowest BCUT2D eigenvalue weighted by Gasteiger charge is -1.96. The smallest absolute Gasteiger partial charge is 0.408 e. The van der Waals surface area contributed by atoms with E-state index in [-0.39, 0.29) is 5.78 Å². The van der Waals surface area contributed by atoms with Gasteiger partial charge in [0.2, 0.25) is 0 Å². The van der Waals surface area contributed by atoms with Crippen LogP contribution in [0, 0.1) is 0 Å². The van der Waals surface area contributed by atoms with Crippen LogP contribution in [-0.2, 0) is 0 Å². The molecule has 4 nitrogen and oxygen atoms in total. The summed E-state index contributed by atoms with van der Waals surface area (Å²) in [5, 5.41) is 0.304. The zero-order chi connectivity index (χ0) is 10.3. The van der Waals surface area contributed by atoms with E-state index in [0.717, 1.165) is 0 Å². The number of hydrogen-bond donors (Lipinski definition) is 1. The quantitative estimate of drug-likeness (QED) is 0.734. The number of halogens is 1. The molecule has 0 saturated carbocycles. The fourth-order valence-corrected chi connectivity index (χ4v) is 1.47. The third-order valence-corrected chi connectivity index (χ3v) is 2.19. The van der Waals surface area contributed by atoms with Crippen LogP contribution in [-0.4, -0.2) is 10.8 Å². The van der Waals surface area contributed by atoms with Crippen LogP contribution < -0.4 is 5.76 Å². The Morgan fingerprint density at radius 2 is 2.21 bits per heavy atom. The molecular weight excluding hydrogens is 206 g/mol. The number of ketones is 1. The summed E-state index contributed by atoms with van der Waals surface area (Å²) in [6, 6.07) is 2.99. The lowest BCUT2D eigenvalue weighted by atomic mass is 10.1. The molecule has 5 heteroatoms. The largest absolute Gasteiger partial charge is 0.417 e. The maximum absolute atomic E-state index is 11.1. The Kier molecular flexibility index (Phi) is 1.93. The minimum atomic E-state index is -0.581. The summed E-state index contributed by atoms with van der Waals surface area (Å²) in [7, 11) is 0. The Balaban J connectivity index is 2.84. The number of rotatable bonds is 1. The Morgan fingerprint density at radius 3 is 2.86 bits per heavy atom. The highest BCUT2D eigenvalue weighted by Gasteiger charge is 2.09. The normalized spacial score (nSPS) is 10.7. The first-order valence-corrected chi connectivity index (χ1v) is 4.29. The van der Waals surface area contributed by atoms with Gasteiger partial charge in [-0.3, -0.25) is 9.78 Å².